The number of carbonyl (C=O) groups excluding carboxylic acids is 1. The van der Waals surface area contributed by atoms with Gasteiger partial charge in [-0.05, 0) is 47.6 Å². The highest BCUT2D eigenvalue weighted by molar-refractivity contribution is 7.98. The Hall–Kier alpha value is -1.20. The molecular formula is C15H12F2OS2. The number of thiophene rings is 1. The lowest BCUT2D eigenvalue weighted by atomic mass is 10.1. The summed E-state index contributed by atoms with van der Waals surface area (Å²) in [5, 5.41) is 0. The third kappa shape index (κ3) is 2.79. The Kier molecular flexibility index (Phi) is 3.89. The monoisotopic (exact) mass is 310 g/mol. The molecule has 0 saturated carbocycles. The topological polar surface area (TPSA) is 17.1 Å². The molecular weight excluding hydrogens is 298 g/mol. The number of hydrogen-bond donors (Lipinski definition) is 0. The Balaban J connectivity index is 1.82. The lowest BCUT2D eigenvalue weighted by molar-refractivity contribution is 0.0995. The third-order valence-electron chi connectivity index (χ3n) is 3.26. The van der Waals surface area contributed by atoms with Gasteiger partial charge in [0, 0.05) is 17.1 Å². The standard InChI is InChI=1S/C15H12F2OS2/c16-11-1-2-12(17)9(5-11)6-13(18)15-7-10-8-19-4-3-14(10)20-15/h1-2,5,7H,3-4,6,8H2. The molecule has 0 unspecified atom stereocenters. The summed E-state index contributed by atoms with van der Waals surface area (Å²) in [6, 6.07) is 5.13. The van der Waals surface area contributed by atoms with E-state index in [0.29, 0.717) is 4.88 Å². The minimum Gasteiger partial charge on any atom is -0.293 e. The fourth-order valence-corrected chi connectivity index (χ4v) is 4.53. The Morgan fingerprint density at radius 3 is 2.90 bits per heavy atom. The number of benzene rings is 1. The number of Topliss-reactive ketones (excluding diaryl/α,β-unsaturated/α-hetero) is 1. The van der Waals surface area contributed by atoms with Crippen molar-refractivity contribution >= 4 is 28.9 Å². The van der Waals surface area contributed by atoms with Crippen molar-refractivity contribution in [3.8, 4) is 0 Å². The van der Waals surface area contributed by atoms with E-state index in [0.717, 1.165) is 36.1 Å². The first-order chi connectivity index (χ1) is 9.63. The number of thioether (sulfide) groups is 1. The summed E-state index contributed by atoms with van der Waals surface area (Å²) in [6.45, 7) is 0. The second-order valence-electron chi connectivity index (χ2n) is 4.70. The van der Waals surface area contributed by atoms with E-state index in [1.54, 1.807) is 0 Å². The normalized spacial score (nSPS) is 14.1. The number of rotatable bonds is 3. The number of hydrogen-bond acceptors (Lipinski definition) is 3. The van der Waals surface area contributed by atoms with Gasteiger partial charge in [-0.2, -0.15) is 11.8 Å². The molecule has 1 aliphatic rings. The summed E-state index contributed by atoms with van der Waals surface area (Å²) in [7, 11) is 0. The second-order valence-corrected chi connectivity index (χ2v) is 6.94. The number of carbonyl (C=O) groups is 1. The van der Waals surface area contributed by atoms with Crippen LogP contribution in [0.3, 0.4) is 0 Å². The number of aryl methyl sites for hydroxylation is 1. The average molecular weight is 310 g/mol. The van der Waals surface area contributed by atoms with E-state index >= 15 is 0 Å². The highest BCUT2D eigenvalue weighted by atomic mass is 32.2. The van der Waals surface area contributed by atoms with Crippen LogP contribution in [0.25, 0.3) is 0 Å². The zero-order valence-electron chi connectivity index (χ0n) is 10.6. The first-order valence-electron chi connectivity index (χ1n) is 6.30. The largest absolute Gasteiger partial charge is 0.293 e. The van der Waals surface area contributed by atoms with Gasteiger partial charge in [0.25, 0.3) is 0 Å². The Labute approximate surface area is 124 Å². The van der Waals surface area contributed by atoms with Crippen molar-refractivity contribution in [1.82, 2.24) is 0 Å². The maximum atomic E-state index is 13.6. The fourth-order valence-electron chi connectivity index (χ4n) is 2.22. The van der Waals surface area contributed by atoms with E-state index in [2.05, 4.69) is 0 Å². The predicted octanol–water partition coefficient (Wildman–Crippen LogP) is 4.24. The molecule has 20 heavy (non-hydrogen) atoms. The van der Waals surface area contributed by atoms with Crippen molar-refractivity contribution in [2.45, 2.75) is 18.6 Å². The van der Waals surface area contributed by atoms with Crippen LogP contribution in [0, 0.1) is 11.6 Å². The molecule has 1 nitrogen and oxygen atoms in total. The molecule has 5 heteroatoms. The second kappa shape index (κ2) is 5.66. The Morgan fingerprint density at radius 1 is 1.25 bits per heavy atom. The highest BCUT2D eigenvalue weighted by Crippen LogP contribution is 2.32. The van der Waals surface area contributed by atoms with E-state index < -0.39 is 11.6 Å². The van der Waals surface area contributed by atoms with Crippen molar-refractivity contribution in [3.63, 3.8) is 0 Å². The molecule has 1 aromatic carbocycles. The van der Waals surface area contributed by atoms with Gasteiger partial charge in [-0.3, -0.25) is 4.79 Å². The first-order valence-corrected chi connectivity index (χ1v) is 8.27. The van der Waals surface area contributed by atoms with E-state index in [1.807, 2.05) is 17.8 Å². The molecule has 1 aromatic heterocycles. The number of fused-ring (bicyclic) bond motifs is 1. The lowest BCUT2D eigenvalue weighted by Crippen LogP contribution is -2.03. The van der Waals surface area contributed by atoms with Crippen LogP contribution in [0.5, 0.6) is 0 Å². The molecule has 0 aliphatic carbocycles. The molecule has 3 rings (SSSR count). The Morgan fingerprint density at radius 2 is 2.10 bits per heavy atom. The van der Waals surface area contributed by atoms with E-state index in [-0.39, 0.29) is 17.8 Å². The van der Waals surface area contributed by atoms with Gasteiger partial charge in [0.2, 0.25) is 0 Å². The molecule has 0 radical (unpaired) electrons. The number of ketones is 1. The lowest BCUT2D eigenvalue weighted by Gasteiger charge is -2.08. The van der Waals surface area contributed by atoms with Crippen LogP contribution in [0.1, 0.15) is 25.7 Å². The van der Waals surface area contributed by atoms with Gasteiger partial charge in [0.15, 0.2) is 5.78 Å². The zero-order valence-corrected chi connectivity index (χ0v) is 12.3. The summed E-state index contributed by atoms with van der Waals surface area (Å²) in [4.78, 5) is 14.1. The summed E-state index contributed by atoms with van der Waals surface area (Å²) >= 11 is 3.35. The maximum Gasteiger partial charge on any atom is 0.177 e. The molecule has 104 valence electrons. The van der Waals surface area contributed by atoms with Gasteiger partial charge in [0.05, 0.1) is 4.88 Å². The minimum atomic E-state index is -0.531. The molecule has 0 fully saturated rings. The van der Waals surface area contributed by atoms with Gasteiger partial charge < -0.3 is 0 Å². The first kappa shape index (κ1) is 13.8. The van der Waals surface area contributed by atoms with E-state index in [1.165, 1.54) is 21.8 Å². The van der Waals surface area contributed by atoms with Crippen LogP contribution in [-0.4, -0.2) is 11.5 Å². The third-order valence-corrected chi connectivity index (χ3v) is 5.55. The van der Waals surface area contributed by atoms with Crippen molar-refractivity contribution in [2.75, 3.05) is 5.75 Å². The van der Waals surface area contributed by atoms with Crippen LogP contribution < -0.4 is 0 Å². The minimum absolute atomic E-state index is 0.0872. The van der Waals surface area contributed by atoms with Crippen LogP contribution in [-0.2, 0) is 18.6 Å². The van der Waals surface area contributed by atoms with Gasteiger partial charge >= 0.3 is 0 Å². The SMILES string of the molecule is O=C(Cc1cc(F)ccc1F)c1cc2c(s1)CCSC2. The Bertz CT molecular complexity index is 640. The average Bonchev–Trinajstić information content (AvgIpc) is 2.87. The molecule has 0 saturated heterocycles. The molecule has 2 heterocycles. The molecule has 0 amide bonds. The van der Waals surface area contributed by atoms with Crippen molar-refractivity contribution in [3.05, 3.63) is 56.8 Å². The molecule has 0 atom stereocenters. The maximum absolute atomic E-state index is 13.6. The number of halogens is 2. The summed E-state index contributed by atoms with van der Waals surface area (Å²) in [5.41, 5.74) is 1.34. The van der Waals surface area contributed by atoms with Crippen LogP contribution >= 0.6 is 23.1 Å². The van der Waals surface area contributed by atoms with Gasteiger partial charge in [-0.25, -0.2) is 8.78 Å². The van der Waals surface area contributed by atoms with E-state index in [9.17, 15) is 13.6 Å². The smallest absolute Gasteiger partial charge is 0.177 e. The molecule has 0 N–H and O–H groups in total. The van der Waals surface area contributed by atoms with Gasteiger partial charge in [-0.15, -0.1) is 11.3 Å². The van der Waals surface area contributed by atoms with Gasteiger partial charge in [-0.1, -0.05) is 0 Å². The van der Waals surface area contributed by atoms with Crippen molar-refractivity contribution in [2.24, 2.45) is 0 Å². The molecule has 2 aromatic rings. The summed E-state index contributed by atoms with van der Waals surface area (Å²) < 4.78 is 26.7. The van der Waals surface area contributed by atoms with Crippen molar-refractivity contribution < 1.29 is 13.6 Å². The van der Waals surface area contributed by atoms with Crippen molar-refractivity contribution in [1.29, 1.82) is 0 Å². The van der Waals surface area contributed by atoms with Crippen LogP contribution in [0.4, 0.5) is 8.78 Å². The quantitative estimate of drug-likeness (QED) is 0.789. The summed E-state index contributed by atoms with van der Waals surface area (Å²) in [5.74, 6) is 0.833. The molecule has 0 spiro atoms. The van der Waals surface area contributed by atoms with Gasteiger partial charge in [0.1, 0.15) is 11.6 Å². The van der Waals surface area contributed by atoms with E-state index in [4.69, 9.17) is 0 Å². The predicted molar refractivity (Wildman–Crippen MR) is 78.6 cm³/mol. The van der Waals surface area contributed by atoms with Crippen LogP contribution in [0.15, 0.2) is 24.3 Å². The molecule has 1 aliphatic heterocycles. The zero-order chi connectivity index (χ0) is 14.1. The van der Waals surface area contributed by atoms with Crippen LogP contribution in [0.2, 0.25) is 0 Å². The summed E-state index contributed by atoms with van der Waals surface area (Å²) in [6.07, 6.45) is 0.905. The fraction of sp³-hybridized carbons (Fsp3) is 0.267. The highest BCUT2D eigenvalue weighted by Gasteiger charge is 2.18. The molecule has 0 bridgehead atoms.